The second-order valence-electron chi connectivity index (χ2n) is 7.59. The molecule has 1 N–H and O–H groups in total. The number of likely N-dealkylation sites (N-methyl/N-ethyl adjacent to an activating group) is 1. The van der Waals surface area contributed by atoms with Crippen molar-refractivity contribution in [2.75, 3.05) is 13.6 Å². The van der Waals surface area contributed by atoms with Crippen LogP contribution in [-0.2, 0) is 12.6 Å². The van der Waals surface area contributed by atoms with Crippen molar-refractivity contribution in [3.63, 3.8) is 0 Å². The third-order valence-electron chi connectivity index (χ3n) is 5.30. The molecular weight excluding hydrogens is 431 g/mol. The van der Waals surface area contributed by atoms with Crippen molar-refractivity contribution in [1.82, 2.24) is 15.2 Å². The summed E-state index contributed by atoms with van der Waals surface area (Å²) in [4.78, 5) is 30.8. The first-order chi connectivity index (χ1) is 15.8. The molecule has 8 heteroatoms. The molecule has 0 aliphatic carbocycles. The predicted molar refractivity (Wildman–Crippen MR) is 119 cm³/mol. The Morgan fingerprint density at radius 2 is 1.64 bits per heavy atom. The van der Waals surface area contributed by atoms with Gasteiger partial charge in [0.25, 0.3) is 11.8 Å². The number of halogens is 3. The largest absolute Gasteiger partial charge is 0.416 e. The summed E-state index contributed by atoms with van der Waals surface area (Å²) < 4.78 is 38.5. The fraction of sp³-hybridized carbons (Fsp3) is 0.240. The molecule has 0 fully saturated rings. The Kier molecular flexibility index (Phi) is 7.82. The summed E-state index contributed by atoms with van der Waals surface area (Å²) >= 11 is 0. The molecule has 33 heavy (non-hydrogen) atoms. The third-order valence-corrected chi connectivity index (χ3v) is 5.30. The molecule has 172 valence electrons. The van der Waals surface area contributed by atoms with Crippen molar-refractivity contribution >= 4 is 11.8 Å². The predicted octanol–water partition coefficient (Wildman–Crippen LogP) is 4.60. The lowest BCUT2D eigenvalue weighted by atomic mass is 10.0. The molecule has 1 heterocycles. The van der Waals surface area contributed by atoms with Gasteiger partial charge in [-0.2, -0.15) is 13.2 Å². The molecule has 2 amide bonds. The van der Waals surface area contributed by atoms with Gasteiger partial charge in [-0.25, -0.2) is 0 Å². The van der Waals surface area contributed by atoms with E-state index in [1.807, 2.05) is 30.3 Å². The summed E-state index contributed by atoms with van der Waals surface area (Å²) in [5, 5.41) is 2.81. The molecule has 0 unspecified atom stereocenters. The zero-order valence-electron chi connectivity index (χ0n) is 18.0. The Balaban J connectivity index is 1.71. The van der Waals surface area contributed by atoms with Gasteiger partial charge in [-0.3, -0.25) is 14.6 Å². The van der Waals surface area contributed by atoms with Crippen LogP contribution in [-0.4, -0.2) is 41.3 Å². The second kappa shape index (κ2) is 10.8. The van der Waals surface area contributed by atoms with E-state index in [2.05, 4.69) is 10.3 Å². The van der Waals surface area contributed by atoms with Crippen LogP contribution in [0.15, 0.2) is 79.0 Å². The van der Waals surface area contributed by atoms with Gasteiger partial charge in [0.15, 0.2) is 0 Å². The van der Waals surface area contributed by atoms with Crippen molar-refractivity contribution in [2.45, 2.75) is 25.1 Å². The number of nitrogens with one attached hydrogen (secondary N) is 1. The molecule has 1 aromatic heterocycles. The zero-order chi connectivity index (χ0) is 23.8. The van der Waals surface area contributed by atoms with E-state index in [9.17, 15) is 22.8 Å². The van der Waals surface area contributed by atoms with Crippen molar-refractivity contribution in [3.8, 4) is 0 Å². The molecule has 0 aliphatic rings. The highest BCUT2D eigenvalue weighted by Crippen LogP contribution is 2.29. The number of rotatable bonds is 8. The van der Waals surface area contributed by atoms with Crippen LogP contribution in [0.2, 0.25) is 0 Å². The first-order valence-corrected chi connectivity index (χ1v) is 10.4. The lowest BCUT2D eigenvalue weighted by Crippen LogP contribution is -2.41. The molecule has 5 nitrogen and oxygen atoms in total. The smallest absolute Gasteiger partial charge is 0.351 e. The first-order valence-electron chi connectivity index (χ1n) is 10.4. The second-order valence-corrected chi connectivity index (χ2v) is 7.59. The quantitative estimate of drug-likeness (QED) is 0.540. The Morgan fingerprint density at radius 3 is 2.24 bits per heavy atom. The molecule has 0 bridgehead atoms. The van der Waals surface area contributed by atoms with E-state index < -0.39 is 11.7 Å². The van der Waals surface area contributed by atoms with Gasteiger partial charge in [0, 0.05) is 31.4 Å². The number of alkyl halides is 3. The molecule has 2 aromatic carbocycles. The number of aromatic nitrogens is 1. The molecule has 1 atom stereocenters. The highest BCUT2D eigenvalue weighted by atomic mass is 19.4. The van der Waals surface area contributed by atoms with Crippen molar-refractivity contribution < 1.29 is 22.8 Å². The minimum Gasteiger partial charge on any atom is -0.351 e. The zero-order valence-corrected chi connectivity index (χ0v) is 18.0. The Labute approximate surface area is 190 Å². The molecule has 0 aliphatic heterocycles. The SMILES string of the molecule is CN(C(=O)c1ccc(C(F)(F)F)cc1)[C@H](CCNC(=O)c1ccccn1)Cc1ccccc1. The van der Waals surface area contributed by atoms with Crippen molar-refractivity contribution in [1.29, 1.82) is 0 Å². The average Bonchev–Trinajstić information content (AvgIpc) is 2.83. The lowest BCUT2D eigenvalue weighted by molar-refractivity contribution is -0.137. The number of hydrogen-bond acceptors (Lipinski definition) is 3. The molecular formula is C25H24F3N3O2. The fourth-order valence-corrected chi connectivity index (χ4v) is 3.43. The van der Waals surface area contributed by atoms with Crippen molar-refractivity contribution in [3.05, 3.63) is 101 Å². The van der Waals surface area contributed by atoms with Crippen LogP contribution < -0.4 is 5.32 Å². The minimum atomic E-state index is -4.46. The Hall–Kier alpha value is -3.68. The van der Waals surface area contributed by atoms with E-state index in [0.717, 1.165) is 17.7 Å². The van der Waals surface area contributed by atoms with Crippen LogP contribution in [0.1, 0.15) is 38.4 Å². The summed E-state index contributed by atoms with van der Waals surface area (Å²) in [5.74, 6) is -0.702. The van der Waals surface area contributed by atoms with Gasteiger partial charge in [-0.1, -0.05) is 36.4 Å². The molecule has 0 spiro atoms. The molecule has 0 saturated carbocycles. The molecule has 0 saturated heterocycles. The summed E-state index contributed by atoms with van der Waals surface area (Å²) in [5.41, 5.74) is 0.665. The van der Waals surface area contributed by atoms with E-state index in [1.165, 1.54) is 23.2 Å². The van der Waals surface area contributed by atoms with Crippen molar-refractivity contribution in [2.24, 2.45) is 0 Å². The van der Waals surface area contributed by atoms with E-state index in [4.69, 9.17) is 0 Å². The number of benzene rings is 2. The van der Waals surface area contributed by atoms with Gasteiger partial charge in [-0.05, 0) is 54.8 Å². The third kappa shape index (κ3) is 6.65. The van der Waals surface area contributed by atoms with Gasteiger partial charge in [0.2, 0.25) is 0 Å². The number of carbonyl (C=O) groups is 2. The Morgan fingerprint density at radius 1 is 0.970 bits per heavy atom. The number of carbonyl (C=O) groups excluding carboxylic acids is 2. The summed E-state index contributed by atoms with van der Waals surface area (Å²) in [6.45, 7) is 0.303. The average molecular weight is 455 g/mol. The van der Waals surface area contributed by atoms with E-state index in [-0.39, 0.29) is 23.4 Å². The van der Waals surface area contributed by atoms with E-state index in [0.29, 0.717) is 25.1 Å². The molecule has 3 rings (SSSR count). The number of amides is 2. The highest BCUT2D eigenvalue weighted by Gasteiger charge is 2.30. The standard InChI is InChI=1S/C25H24F3N3O2/c1-31(24(33)19-10-12-20(13-11-19)25(26,27)28)21(17-18-7-3-2-4-8-18)14-16-30-23(32)22-9-5-6-15-29-22/h2-13,15,21H,14,16-17H2,1H3,(H,30,32)/t21-/m1/s1. The van der Waals surface area contributed by atoms with Crippen LogP contribution in [0.5, 0.6) is 0 Å². The monoisotopic (exact) mass is 455 g/mol. The summed E-state index contributed by atoms with van der Waals surface area (Å²) in [6.07, 6.45) is -1.95. The van der Waals surface area contributed by atoms with Crippen LogP contribution in [0.3, 0.4) is 0 Å². The van der Waals surface area contributed by atoms with Crippen LogP contribution in [0.4, 0.5) is 13.2 Å². The van der Waals surface area contributed by atoms with Gasteiger partial charge in [0.1, 0.15) is 5.69 Å². The van der Waals surface area contributed by atoms with Gasteiger partial charge < -0.3 is 10.2 Å². The maximum Gasteiger partial charge on any atom is 0.416 e. The highest BCUT2D eigenvalue weighted by molar-refractivity contribution is 5.94. The normalized spacial score (nSPS) is 12.1. The summed E-state index contributed by atoms with van der Waals surface area (Å²) in [6, 6.07) is 18.5. The van der Waals surface area contributed by atoms with E-state index >= 15 is 0 Å². The first kappa shape index (κ1) is 24.0. The van der Waals surface area contributed by atoms with Gasteiger partial charge >= 0.3 is 6.18 Å². The van der Waals surface area contributed by atoms with Gasteiger partial charge in [-0.15, -0.1) is 0 Å². The number of pyridine rings is 1. The lowest BCUT2D eigenvalue weighted by Gasteiger charge is -2.29. The number of nitrogens with zero attached hydrogens (tertiary/aromatic N) is 2. The van der Waals surface area contributed by atoms with Gasteiger partial charge in [0.05, 0.1) is 5.56 Å². The fourth-order valence-electron chi connectivity index (χ4n) is 3.43. The maximum atomic E-state index is 13.0. The Bertz CT molecular complexity index is 1060. The van der Waals surface area contributed by atoms with Crippen LogP contribution in [0, 0.1) is 0 Å². The summed E-state index contributed by atoms with van der Waals surface area (Å²) in [7, 11) is 1.62. The topological polar surface area (TPSA) is 62.3 Å². The number of hydrogen-bond donors (Lipinski definition) is 1. The van der Waals surface area contributed by atoms with Crippen LogP contribution >= 0.6 is 0 Å². The minimum absolute atomic E-state index is 0.168. The van der Waals surface area contributed by atoms with Crippen LogP contribution in [0.25, 0.3) is 0 Å². The molecule has 0 radical (unpaired) electrons. The maximum absolute atomic E-state index is 13.0. The molecule has 3 aromatic rings. The van der Waals surface area contributed by atoms with E-state index in [1.54, 1.807) is 25.2 Å².